The Bertz CT molecular complexity index is 820. The Morgan fingerprint density at radius 2 is 1.25 bits per heavy atom. The van der Waals surface area contributed by atoms with Gasteiger partial charge in [0.05, 0.1) is 12.8 Å². The first kappa shape index (κ1) is 17.2. The van der Waals surface area contributed by atoms with E-state index in [2.05, 4.69) is 0 Å². The van der Waals surface area contributed by atoms with E-state index in [1.165, 1.54) is 0 Å². The number of carboxylic acid groups (broad SMARTS) is 2. The molecule has 3 aromatic carbocycles. The van der Waals surface area contributed by atoms with Gasteiger partial charge in [0, 0.05) is 0 Å². The van der Waals surface area contributed by atoms with Gasteiger partial charge in [-0.25, -0.2) is 0 Å². The Hall–Kier alpha value is -3.14. The number of hydrogen-bond donors (Lipinski definition) is 2. The summed E-state index contributed by atoms with van der Waals surface area (Å²) in [7, 11) is 0. The second kappa shape index (κ2) is 8.48. The standard InChI is InChI=1S/C12H10O2.C8H8O2/c13-12(14)8-10-6-3-5-9-4-1-2-7-11(9)10;9-8(10)6-7-4-2-1-3-5-7/h1-7H,8H2,(H,13,14);1-5H,6H2,(H,9,10). The van der Waals surface area contributed by atoms with Crippen LogP contribution in [0.4, 0.5) is 0 Å². The molecule has 0 amide bonds. The van der Waals surface area contributed by atoms with Crippen molar-refractivity contribution in [1.82, 2.24) is 0 Å². The van der Waals surface area contributed by atoms with Crippen LogP contribution in [0.3, 0.4) is 0 Å². The maximum Gasteiger partial charge on any atom is 0.307 e. The van der Waals surface area contributed by atoms with Gasteiger partial charge < -0.3 is 10.2 Å². The summed E-state index contributed by atoms with van der Waals surface area (Å²) in [5.74, 6) is -1.58. The predicted octanol–water partition coefficient (Wildman–Crippen LogP) is 3.78. The summed E-state index contributed by atoms with van der Waals surface area (Å²) in [5.41, 5.74) is 1.71. The molecular formula is C20H18O4. The molecule has 0 unspecified atom stereocenters. The van der Waals surface area contributed by atoms with Crippen molar-refractivity contribution in [3.05, 3.63) is 83.9 Å². The molecule has 0 atom stereocenters. The number of carbonyl (C=O) groups is 2. The van der Waals surface area contributed by atoms with Crippen LogP contribution in [0.25, 0.3) is 10.8 Å². The smallest absolute Gasteiger partial charge is 0.307 e. The second-order valence-electron chi connectivity index (χ2n) is 5.26. The molecule has 4 heteroatoms. The third-order valence-corrected chi connectivity index (χ3v) is 3.42. The van der Waals surface area contributed by atoms with Gasteiger partial charge in [-0.2, -0.15) is 0 Å². The van der Waals surface area contributed by atoms with E-state index in [1.54, 1.807) is 12.1 Å². The van der Waals surface area contributed by atoms with E-state index in [9.17, 15) is 9.59 Å². The maximum absolute atomic E-state index is 10.6. The van der Waals surface area contributed by atoms with E-state index < -0.39 is 11.9 Å². The van der Waals surface area contributed by atoms with Gasteiger partial charge in [-0.05, 0) is 21.9 Å². The Morgan fingerprint density at radius 3 is 1.92 bits per heavy atom. The van der Waals surface area contributed by atoms with Crippen molar-refractivity contribution in [2.24, 2.45) is 0 Å². The second-order valence-corrected chi connectivity index (χ2v) is 5.26. The van der Waals surface area contributed by atoms with Crippen LogP contribution >= 0.6 is 0 Å². The molecule has 0 fully saturated rings. The minimum absolute atomic E-state index is 0.0847. The van der Waals surface area contributed by atoms with Crippen molar-refractivity contribution in [3.63, 3.8) is 0 Å². The van der Waals surface area contributed by atoms with E-state index in [4.69, 9.17) is 10.2 Å². The molecule has 122 valence electrons. The molecule has 3 aromatic rings. The van der Waals surface area contributed by atoms with Crippen LogP contribution in [-0.2, 0) is 22.4 Å². The number of benzene rings is 3. The lowest BCUT2D eigenvalue weighted by molar-refractivity contribution is -0.137. The summed E-state index contributed by atoms with van der Waals surface area (Å²) < 4.78 is 0. The highest BCUT2D eigenvalue weighted by molar-refractivity contribution is 5.88. The number of carboxylic acids is 2. The van der Waals surface area contributed by atoms with E-state index in [0.717, 1.165) is 21.9 Å². The predicted molar refractivity (Wildman–Crippen MR) is 93.1 cm³/mol. The van der Waals surface area contributed by atoms with Crippen LogP contribution in [0.5, 0.6) is 0 Å². The van der Waals surface area contributed by atoms with Crippen LogP contribution < -0.4 is 0 Å². The molecule has 0 aromatic heterocycles. The molecule has 24 heavy (non-hydrogen) atoms. The fourth-order valence-corrected chi connectivity index (χ4v) is 2.38. The zero-order valence-electron chi connectivity index (χ0n) is 13.1. The molecular weight excluding hydrogens is 304 g/mol. The van der Waals surface area contributed by atoms with Crippen LogP contribution in [0.1, 0.15) is 11.1 Å². The van der Waals surface area contributed by atoms with Crippen LogP contribution in [0.15, 0.2) is 72.8 Å². The highest BCUT2D eigenvalue weighted by Gasteiger charge is 2.03. The van der Waals surface area contributed by atoms with E-state index in [0.29, 0.717) is 0 Å². The first-order valence-corrected chi connectivity index (χ1v) is 7.50. The Morgan fingerprint density at radius 1 is 0.667 bits per heavy atom. The first-order valence-electron chi connectivity index (χ1n) is 7.50. The van der Waals surface area contributed by atoms with Gasteiger partial charge in [0.15, 0.2) is 0 Å². The molecule has 0 saturated heterocycles. The quantitative estimate of drug-likeness (QED) is 0.766. The molecule has 0 spiro atoms. The van der Waals surface area contributed by atoms with E-state index in [-0.39, 0.29) is 12.8 Å². The number of aliphatic carboxylic acids is 2. The van der Waals surface area contributed by atoms with Gasteiger partial charge in [-0.1, -0.05) is 72.8 Å². The third kappa shape index (κ3) is 5.25. The average molecular weight is 322 g/mol. The fraction of sp³-hybridized carbons (Fsp3) is 0.100. The summed E-state index contributed by atoms with van der Waals surface area (Å²) in [6.07, 6.45) is 0.197. The minimum Gasteiger partial charge on any atom is -0.481 e. The van der Waals surface area contributed by atoms with Crippen molar-refractivity contribution in [3.8, 4) is 0 Å². The minimum atomic E-state index is -0.790. The Labute approximate surface area is 140 Å². The Kier molecular flexibility index (Phi) is 6.08. The summed E-state index contributed by atoms with van der Waals surface area (Å²) in [6.45, 7) is 0. The summed E-state index contributed by atoms with van der Waals surface area (Å²) >= 11 is 0. The number of hydrogen-bond acceptors (Lipinski definition) is 2. The summed E-state index contributed by atoms with van der Waals surface area (Å²) in [4.78, 5) is 20.8. The monoisotopic (exact) mass is 322 g/mol. The van der Waals surface area contributed by atoms with E-state index >= 15 is 0 Å². The molecule has 2 N–H and O–H groups in total. The molecule has 0 aliphatic carbocycles. The highest BCUT2D eigenvalue weighted by Crippen LogP contribution is 2.18. The van der Waals surface area contributed by atoms with Crippen LogP contribution in [0, 0.1) is 0 Å². The van der Waals surface area contributed by atoms with Crippen molar-refractivity contribution in [2.75, 3.05) is 0 Å². The number of rotatable bonds is 4. The lowest BCUT2D eigenvalue weighted by Gasteiger charge is -2.02. The van der Waals surface area contributed by atoms with Crippen molar-refractivity contribution in [1.29, 1.82) is 0 Å². The molecule has 3 rings (SSSR count). The molecule has 0 aliphatic rings. The van der Waals surface area contributed by atoms with Crippen LogP contribution in [-0.4, -0.2) is 22.2 Å². The number of fused-ring (bicyclic) bond motifs is 1. The molecule has 0 radical (unpaired) electrons. The zero-order chi connectivity index (χ0) is 17.4. The first-order chi connectivity index (χ1) is 11.6. The SMILES string of the molecule is O=C(O)Cc1cccc2ccccc12.O=C(O)Cc1ccccc1. The summed E-state index contributed by atoms with van der Waals surface area (Å²) in [6, 6.07) is 22.7. The Balaban J connectivity index is 0.000000185. The lowest BCUT2D eigenvalue weighted by atomic mass is 10.0. The van der Waals surface area contributed by atoms with Gasteiger partial charge in [-0.3, -0.25) is 9.59 Å². The average Bonchev–Trinajstić information content (AvgIpc) is 2.56. The molecule has 0 bridgehead atoms. The molecule has 4 nitrogen and oxygen atoms in total. The van der Waals surface area contributed by atoms with Gasteiger partial charge in [0.2, 0.25) is 0 Å². The van der Waals surface area contributed by atoms with Crippen LogP contribution in [0.2, 0.25) is 0 Å². The summed E-state index contributed by atoms with van der Waals surface area (Å²) in [5, 5.41) is 19.2. The van der Waals surface area contributed by atoms with Gasteiger partial charge >= 0.3 is 11.9 Å². The van der Waals surface area contributed by atoms with Crippen molar-refractivity contribution in [2.45, 2.75) is 12.8 Å². The topological polar surface area (TPSA) is 74.6 Å². The maximum atomic E-state index is 10.6. The molecule has 0 aliphatic heterocycles. The molecule has 0 heterocycles. The van der Waals surface area contributed by atoms with Gasteiger partial charge in [0.1, 0.15) is 0 Å². The fourth-order valence-electron chi connectivity index (χ4n) is 2.38. The van der Waals surface area contributed by atoms with Gasteiger partial charge in [0.25, 0.3) is 0 Å². The van der Waals surface area contributed by atoms with Gasteiger partial charge in [-0.15, -0.1) is 0 Å². The zero-order valence-corrected chi connectivity index (χ0v) is 13.1. The van der Waals surface area contributed by atoms with Crippen molar-refractivity contribution < 1.29 is 19.8 Å². The molecule has 0 saturated carbocycles. The normalized spacial score (nSPS) is 9.83. The lowest BCUT2D eigenvalue weighted by Crippen LogP contribution is -2.00. The largest absolute Gasteiger partial charge is 0.481 e. The highest BCUT2D eigenvalue weighted by atomic mass is 16.4. The third-order valence-electron chi connectivity index (χ3n) is 3.42. The van der Waals surface area contributed by atoms with E-state index in [1.807, 2.05) is 60.7 Å². The van der Waals surface area contributed by atoms with Crippen molar-refractivity contribution >= 4 is 22.7 Å².